The van der Waals surface area contributed by atoms with Crippen molar-refractivity contribution in [3.8, 4) is 28.4 Å². The van der Waals surface area contributed by atoms with E-state index in [0.29, 0.717) is 16.5 Å². The van der Waals surface area contributed by atoms with Crippen molar-refractivity contribution in [3.63, 3.8) is 0 Å². The second-order valence-corrected chi connectivity index (χ2v) is 8.30. The maximum absolute atomic E-state index is 11.1. The monoisotopic (exact) mass is 470 g/mol. The molecule has 1 aromatic heterocycles. The van der Waals surface area contributed by atoms with Crippen molar-refractivity contribution in [1.82, 2.24) is 0 Å². The summed E-state index contributed by atoms with van der Waals surface area (Å²) in [5.41, 5.74) is 1.89. The Hall–Kier alpha value is -3.70. The minimum absolute atomic E-state index is 0.141. The summed E-state index contributed by atoms with van der Waals surface area (Å²) in [5.74, 6) is -1.45. The number of phenols is 3. The summed E-state index contributed by atoms with van der Waals surface area (Å²) in [6, 6.07) is 23.2. The predicted molar refractivity (Wildman–Crippen MR) is 127 cm³/mol. The first kappa shape index (κ1) is 18.1. The highest BCUT2D eigenvalue weighted by molar-refractivity contribution is 9.10. The highest BCUT2D eigenvalue weighted by Crippen LogP contribution is 2.55. The van der Waals surface area contributed by atoms with E-state index in [0.717, 1.165) is 37.0 Å². The van der Waals surface area contributed by atoms with Crippen LogP contribution < -0.4 is 0 Å². The van der Waals surface area contributed by atoms with Crippen LogP contribution in [0, 0.1) is 0 Å². The molecule has 1 heterocycles. The number of aromatic hydroxyl groups is 3. The van der Waals surface area contributed by atoms with Crippen LogP contribution in [0.25, 0.3) is 54.6 Å². The fraction of sp³-hybridized carbons (Fsp3) is 0. The molecule has 0 bridgehead atoms. The van der Waals surface area contributed by atoms with Gasteiger partial charge in [0.05, 0.1) is 0 Å². The normalized spacial score (nSPS) is 11.8. The van der Waals surface area contributed by atoms with Crippen LogP contribution in [0.1, 0.15) is 0 Å². The molecule has 0 saturated heterocycles. The molecule has 0 aliphatic rings. The molecule has 0 spiro atoms. The zero-order valence-corrected chi connectivity index (χ0v) is 17.6. The lowest BCUT2D eigenvalue weighted by atomic mass is 9.89. The van der Waals surface area contributed by atoms with Crippen LogP contribution in [-0.2, 0) is 0 Å². The molecule has 0 unspecified atom stereocenters. The average Bonchev–Trinajstić information content (AvgIpc) is 3.19. The maximum Gasteiger partial charge on any atom is 0.205 e. The molecule has 0 aliphatic heterocycles. The van der Waals surface area contributed by atoms with E-state index in [1.54, 1.807) is 6.07 Å². The minimum Gasteiger partial charge on any atom is -0.504 e. The smallest absolute Gasteiger partial charge is 0.205 e. The van der Waals surface area contributed by atoms with Crippen LogP contribution >= 0.6 is 15.9 Å². The van der Waals surface area contributed by atoms with E-state index in [4.69, 9.17) is 4.42 Å². The molecule has 5 aromatic carbocycles. The first-order valence-electron chi connectivity index (χ1n) is 9.75. The molecule has 4 nitrogen and oxygen atoms in total. The number of hydrogen-bond donors (Lipinski definition) is 3. The third-order valence-corrected chi connectivity index (χ3v) is 6.72. The Bertz CT molecular complexity index is 1620. The summed E-state index contributed by atoms with van der Waals surface area (Å²) in [6.07, 6.45) is 0. The lowest BCUT2D eigenvalue weighted by Crippen LogP contribution is -1.90. The summed E-state index contributed by atoms with van der Waals surface area (Å²) in [4.78, 5) is 0. The highest BCUT2D eigenvalue weighted by Gasteiger charge is 2.27. The van der Waals surface area contributed by atoms with Crippen LogP contribution in [-0.4, -0.2) is 15.3 Å². The second kappa shape index (κ2) is 6.40. The van der Waals surface area contributed by atoms with Gasteiger partial charge in [0.15, 0.2) is 11.3 Å². The lowest BCUT2D eigenvalue weighted by molar-refractivity contribution is 0.368. The van der Waals surface area contributed by atoms with E-state index in [-0.39, 0.29) is 11.3 Å². The molecule has 0 amide bonds. The van der Waals surface area contributed by atoms with Crippen molar-refractivity contribution in [1.29, 1.82) is 0 Å². The Morgan fingerprint density at radius 1 is 0.548 bits per heavy atom. The molecule has 3 N–H and O–H groups in total. The number of benzene rings is 5. The summed E-state index contributed by atoms with van der Waals surface area (Å²) in [6.45, 7) is 0. The van der Waals surface area contributed by atoms with E-state index < -0.39 is 11.5 Å². The van der Waals surface area contributed by atoms with Crippen molar-refractivity contribution >= 4 is 59.4 Å². The van der Waals surface area contributed by atoms with Crippen LogP contribution in [0.5, 0.6) is 17.2 Å². The number of hydrogen-bond acceptors (Lipinski definition) is 4. The van der Waals surface area contributed by atoms with Gasteiger partial charge in [-0.3, -0.25) is 0 Å². The largest absolute Gasteiger partial charge is 0.504 e. The van der Waals surface area contributed by atoms with Gasteiger partial charge in [-0.1, -0.05) is 66.7 Å². The summed E-state index contributed by atoms with van der Waals surface area (Å²) in [5, 5.41) is 37.4. The van der Waals surface area contributed by atoms with E-state index in [9.17, 15) is 15.3 Å². The van der Waals surface area contributed by atoms with E-state index in [2.05, 4.69) is 15.9 Å². The van der Waals surface area contributed by atoms with Gasteiger partial charge in [-0.15, -0.1) is 0 Å². The molecular formula is C26H15BrO4. The molecule has 6 aromatic rings. The Balaban J connectivity index is 1.96. The Labute approximate surface area is 184 Å². The molecule has 31 heavy (non-hydrogen) atoms. The Morgan fingerprint density at radius 2 is 1.06 bits per heavy atom. The molecule has 0 radical (unpaired) electrons. The summed E-state index contributed by atoms with van der Waals surface area (Å²) >= 11 is 3.75. The van der Waals surface area contributed by atoms with E-state index in [1.807, 2.05) is 66.7 Å². The van der Waals surface area contributed by atoms with Gasteiger partial charge in [-0.2, -0.15) is 0 Å². The topological polar surface area (TPSA) is 73.8 Å². The fourth-order valence-electron chi connectivity index (χ4n) is 4.50. The molecular weight excluding hydrogens is 456 g/mol. The van der Waals surface area contributed by atoms with E-state index in [1.165, 1.54) is 0 Å². The number of para-hydroxylation sites is 1. The van der Waals surface area contributed by atoms with Crippen molar-refractivity contribution in [2.75, 3.05) is 0 Å². The number of furan rings is 1. The summed E-state index contributed by atoms with van der Waals surface area (Å²) in [7, 11) is 0. The lowest BCUT2D eigenvalue weighted by Gasteiger charge is -2.17. The van der Waals surface area contributed by atoms with Crippen molar-refractivity contribution in [2.24, 2.45) is 0 Å². The van der Waals surface area contributed by atoms with Gasteiger partial charge < -0.3 is 19.7 Å². The fourth-order valence-corrected chi connectivity index (χ4v) is 5.20. The van der Waals surface area contributed by atoms with Gasteiger partial charge in [-0.05, 0) is 43.5 Å². The number of halogens is 1. The average molecular weight is 471 g/mol. The third-order valence-electron chi connectivity index (χ3n) is 5.86. The van der Waals surface area contributed by atoms with Crippen LogP contribution in [0.2, 0.25) is 0 Å². The Kier molecular flexibility index (Phi) is 3.73. The van der Waals surface area contributed by atoms with Gasteiger partial charge >= 0.3 is 0 Å². The van der Waals surface area contributed by atoms with Crippen molar-refractivity contribution < 1.29 is 19.7 Å². The zero-order valence-electron chi connectivity index (χ0n) is 16.1. The van der Waals surface area contributed by atoms with Crippen molar-refractivity contribution in [2.45, 2.75) is 0 Å². The van der Waals surface area contributed by atoms with Gasteiger partial charge in [0.1, 0.15) is 5.58 Å². The van der Waals surface area contributed by atoms with Crippen LogP contribution in [0.15, 0.2) is 81.7 Å². The van der Waals surface area contributed by atoms with Crippen LogP contribution in [0.3, 0.4) is 0 Å². The number of rotatable bonds is 1. The predicted octanol–water partition coefficient (Wildman–Crippen LogP) is 7.44. The SMILES string of the molecule is Oc1c(O)c(-c2c3ccccc3c(Br)c3ccccc23)c2c(oc3ccccc32)c1O. The maximum atomic E-state index is 11.1. The molecule has 6 rings (SSSR count). The molecule has 0 atom stereocenters. The number of phenolic OH excluding ortho intramolecular Hbond substituents is 3. The highest BCUT2D eigenvalue weighted by atomic mass is 79.9. The minimum atomic E-state index is -0.599. The zero-order chi connectivity index (χ0) is 21.3. The van der Waals surface area contributed by atoms with Crippen LogP contribution in [0.4, 0.5) is 0 Å². The standard InChI is InChI=1S/C26H15BrO4/c27-22-15-9-3-1-7-13(15)19(14-8-2-4-10-16(14)22)21-20-17-11-5-6-12-18(17)31-26(20)25(30)24(29)23(21)28/h1-12,28-30H. The van der Waals surface area contributed by atoms with E-state index >= 15 is 0 Å². The first-order valence-corrected chi connectivity index (χ1v) is 10.5. The van der Waals surface area contributed by atoms with Gasteiger partial charge in [0, 0.05) is 26.4 Å². The van der Waals surface area contributed by atoms with Gasteiger partial charge in [0.25, 0.3) is 0 Å². The molecule has 0 fully saturated rings. The molecule has 0 aliphatic carbocycles. The third kappa shape index (κ3) is 2.35. The van der Waals surface area contributed by atoms with Gasteiger partial charge in [0.2, 0.25) is 11.5 Å². The molecule has 5 heteroatoms. The Morgan fingerprint density at radius 3 is 1.68 bits per heavy atom. The van der Waals surface area contributed by atoms with Gasteiger partial charge in [-0.25, -0.2) is 0 Å². The molecule has 150 valence electrons. The van der Waals surface area contributed by atoms with Crippen molar-refractivity contribution in [3.05, 3.63) is 77.3 Å². The second-order valence-electron chi connectivity index (χ2n) is 7.50. The summed E-state index contributed by atoms with van der Waals surface area (Å²) < 4.78 is 6.86. The first-order chi connectivity index (χ1) is 15.1. The molecule has 0 saturated carbocycles. The quantitative estimate of drug-likeness (QED) is 0.172. The number of fused-ring (bicyclic) bond motifs is 5.